The Bertz CT molecular complexity index is 2460. The number of benzene rings is 6. The summed E-state index contributed by atoms with van der Waals surface area (Å²) in [4.78, 5) is 10.5. The molecule has 196 valence electrons. The lowest BCUT2D eigenvalue weighted by atomic mass is 9.98. The first kappa shape index (κ1) is 23.4. The van der Waals surface area contributed by atoms with Crippen molar-refractivity contribution in [1.82, 2.24) is 9.97 Å². The van der Waals surface area contributed by atoms with E-state index in [4.69, 9.17) is 14.4 Å². The lowest BCUT2D eigenvalue weighted by Gasteiger charge is -2.10. The summed E-state index contributed by atoms with van der Waals surface area (Å²) < 4.78 is 8.91. The van der Waals surface area contributed by atoms with Gasteiger partial charge in [-0.1, -0.05) is 109 Å². The van der Waals surface area contributed by atoms with Crippen LogP contribution in [0, 0.1) is 0 Å². The number of nitrogens with zero attached hydrogens (tertiary/aromatic N) is 2. The fourth-order valence-electron chi connectivity index (χ4n) is 6.10. The number of hydrogen-bond acceptors (Lipinski definition) is 4. The smallest absolute Gasteiger partial charge is 0.161 e. The third-order valence-corrected chi connectivity index (χ3v) is 9.26. The van der Waals surface area contributed by atoms with Crippen LogP contribution in [-0.4, -0.2) is 9.97 Å². The van der Waals surface area contributed by atoms with Crippen molar-refractivity contribution < 1.29 is 4.42 Å². The van der Waals surface area contributed by atoms with E-state index in [0.717, 1.165) is 76.5 Å². The number of aromatic nitrogens is 2. The van der Waals surface area contributed by atoms with Crippen molar-refractivity contribution >= 4 is 64.4 Å². The molecule has 3 aromatic heterocycles. The minimum absolute atomic E-state index is 0.721. The summed E-state index contributed by atoms with van der Waals surface area (Å²) in [6.07, 6.45) is 0. The molecule has 0 saturated carbocycles. The van der Waals surface area contributed by atoms with Crippen LogP contribution in [0.2, 0.25) is 0 Å². The average molecular weight is 555 g/mol. The van der Waals surface area contributed by atoms with E-state index in [-0.39, 0.29) is 0 Å². The van der Waals surface area contributed by atoms with Crippen LogP contribution in [0.4, 0.5) is 0 Å². The van der Waals surface area contributed by atoms with Crippen molar-refractivity contribution in [3.8, 4) is 33.8 Å². The molecular formula is C38H22N2OS. The molecule has 42 heavy (non-hydrogen) atoms. The normalized spacial score (nSPS) is 11.8. The molecule has 0 saturated heterocycles. The van der Waals surface area contributed by atoms with Gasteiger partial charge >= 0.3 is 0 Å². The standard InChI is InChI=1S/C38H22N2OS/c1-3-11-23(12-4-1)25-19-20-27-30-22-31(26-15-7-8-16-28(26)36(30)41-32(27)21-25)38-39-34(24-13-5-2-6-14-24)37-35(40-38)29-17-9-10-18-33(29)42-37/h1-22H. The zero-order chi connectivity index (χ0) is 27.6. The van der Waals surface area contributed by atoms with Gasteiger partial charge in [0, 0.05) is 37.4 Å². The van der Waals surface area contributed by atoms with E-state index in [1.165, 1.54) is 10.3 Å². The van der Waals surface area contributed by atoms with Crippen LogP contribution < -0.4 is 0 Å². The minimum atomic E-state index is 0.721. The molecule has 0 amide bonds. The molecule has 4 heteroatoms. The highest BCUT2D eigenvalue weighted by atomic mass is 32.1. The van der Waals surface area contributed by atoms with E-state index < -0.39 is 0 Å². The second kappa shape index (κ2) is 9.10. The lowest BCUT2D eigenvalue weighted by Crippen LogP contribution is -1.94. The lowest BCUT2D eigenvalue weighted by molar-refractivity contribution is 0.673. The Morgan fingerprint density at radius 1 is 0.500 bits per heavy atom. The van der Waals surface area contributed by atoms with Crippen LogP contribution in [-0.2, 0) is 0 Å². The molecule has 0 bridgehead atoms. The van der Waals surface area contributed by atoms with E-state index >= 15 is 0 Å². The Hall–Kier alpha value is -5.32. The largest absolute Gasteiger partial charge is 0.455 e. The summed E-state index contributed by atoms with van der Waals surface area (Å²) in [5.41, 5.74) is 8.12. The molecule has 0 atom stereocenters. The van der Waals surface area contributed by atoms with Crippen LogP contribution in [0.5, 0.6) is 0 Å². The third kappa shape index (κ3) is 3.52. The summed E-state index contributed by atoms with van der Waals surface area (Å²) in [6.45, 7) is 0. The van der Waals surface area contributed by atoms with Gasteiger partial charge < -0.3 is 4.42 Å². The first-order valence-electron chi connectivity index (χ1n) is 14.0. The molecule has 3 nitrogen and oxygen atoms in total. The summed E-state index contributed by atoms with van der Waals surface area (Å²) in [6, 6.07) is 46.5. The Kier molecular flexibility index (Phi) is 5.07. The molecule has 0 fully saturated rings. The molecule has 0 radical (unpaired) electrons. The molecule has 3 heterocycles. The highest BCUT2D eigenvalue weighted by Gasteiger charge is 2.20. The van der Waals surface area contributed by atoms with Gasteiger partial charge in [0.2, 0.25) is 0 Å². The van der Waals surface area contributed by atoms with E-state index in [0.29, 0.717) is 0 Å². The fourth-order valence-corrected chi connectivity index (χ4v) is 7.25. The predicted octanol–water partition coefficient (Wildman–Crippen LogP) is 10.9. The Balaban J connectivity index is 1.36. The average Bonchev–Trinajstić information content (AvgIpc) is 3.63. The molecule has 0 unspecified atom stereocenters. The van der Waals surface area contributed by atoms with Crippen molar-refractivity contribution in [2.24, 2.45) is 0 Å². The maximum Gasteiger partial charge on any atom is 0.161 e. The highest BCUT2D eigenvalue weighted by molar-refractivity contribution is 7.26. The molecule has 0 aliphatic carbocycles. The molecule has 0 aliphatic heterocycles. The van der Waals surface area contributed by atoms with E-state index in [1.807, 2.05) is 12.1 Å². The first-order chi connectivity index (χ1) is 20.8. The zero-order valence-electron chi connectivity index (χ0n) is 22.4. The maximum absolute atomic E-state index is 6.59. The summed E-state index contributed by atoms with van der Waals surface area (Å²) in [5.74, 6) is 0.721. The Morgan fingerprint density at radius 3 is 2.00 bits per heavy atom. The van der Waals surface area contributed by atoms with Gasteiger partial charge in [-0.15, -0.1) is 11.3 Å². The van der Waals surface area contributed by atoms with E-state index in [9.17, 15) is 0 Å². The Labute approximate surface area is 245 Å². The van der Waals surface area contributed by atoms with Crippen LogP contribution in [0.25, 0.3) is 86.8 Å². The van der Waals surface area contributed by atoms with Gasteiger partial charge in [0.25, 0.3) is 0 Å². The molecular weight excluding hydrogens is 532 g/mol. The predicted molar refractivity (Wildman–Crippen MR) is 176 cm³/mol. The van der Waals surface area contributed by atoms with Crippen molar-refractivity contribution in [1.29, 1.82) is 0 Å². The summed E-state index contributed by atoms with van der Waals surface area (Å²) in [5, 5.41) is 5.44. The van der Waals surface area contributed by atoms with Crippen LogP contribution in [0.3, 0.4) is 0 Å². The quantitative estimate of drug-likeness (QED) is 0.218. The van der Waals surface area contributed by atoms with Crippen LogP contribution >= 0.6 is 11.3 Å². The number of thiophene rings is 1. The SMILES string of the molecule is c1ccc(-c2ccc3c(c2)oc2c4ccccc4c(-c4nc(-c5ccccc5)c5sc6ccccc6c5n4)cc32)cc1. The molecule has 9 rings (SSSR count). The maximum atomic E-state index is 6.59. The van der Waals surface area contributed by atoms with Crippen LogP contribution in [0.1, 0.15) is 0 Å². The van der Waals surface area contributed by atoms with Crippen molar-refractivity contribution in [3.63, 3.8) is 0 Å². The van der Waals surface area contributed by atoms with Gasteiger partial charge in [-0.25, -0.2) is 9.97 Å². The second-order valence-corrected chi connectivity index (χ2v) is 11.6. The van der Waals surface area contributed by atoms with E-state index in [1.54, 1.807) is 11.3 Å². The molecule has 0 N–H and O–H groups in total. The van der Waals surface area contributed by atoms with Gasteiger partial charge in [-0.05, 0) is 40.8 Å². The number of rotatable bonds is 3. The van der Waals surface area contributed by atoms with E-state index in [2.05, 4.69) is 121 Å². The topological polar surface area (TPSA) is 38.9 Å². The van der Waals surface area contributed by atoms with Gasteiger partial charge in [-0.2, -0.15) is 0 Å². The van der Waals surface area contributed by atoms with Crippen molar-refractivity contribution in [2.45, 2.75) is 0 Å². The summed E-state index contributed by atoms with van der Waals surface area (Å²) >= 11 is 1.76. The van der Waals surface area contributed by atoms with Gasteiger partial charge in [0.1, 0.15) is 11.2 Å². The van der Waals surface area contributed by atoms with Gasteiger partial charge in [0.15, 0.2) is 5.82 Å². The number of fused-ring (bicyclic) bond motifs is 8. The first-order valence-corrected chi connectivity index (χ1v) is 14.8. The second-order valence-electron chi connectivity index (χ2n) is 10.6. The minimum Gasteiger partial charge on any atom is -0.455 e. The Morgan fingerprint density at radius 2 is 1.19 bits per heavy atom. The monoisotopic (exact) mass is 554 g/mol. The van der Waals surface area contributed by atoms with Crippen molar-refractivity contribution in [3.05, 3.63) is 133 Å². The highest BCUT2D eigenvalue weighted by Crippen LogP contribution is 2.43. The fraction of sp³-hybridized carbons (Fsp3) is 0. The van der Waals surface area contributed by atoms with Crippen LogP contribution in [0.15, 0.2) is 138 Å². The molecule has 6 aromatic carbocycles. The third-order valence-electron chi connectivity index (χ3n) is 8.09. The number of hydrogen-bond donors (Lipinski definition) is 0. The molecule has 0 aliphatic rings. The zero-order valence-corrected chi connectivity index (χ0v) is 23.2. The molecule has 0 spiro atoms. The molecule has 9 aromatic rings. The number of furan rings is 1. The summed E-state index contributed by atoms with van der Waals surface area (Å²) in [7, 11) is 0. The van der Waals surface area contributed by atoms with Crippen molar-refractivity contribution in [2.75, 3.05) is 0 Å². The van der Waals surface area contributed by atoms with Gasteiger partial charge in [0.05, 0.1) is 15.9 Å². The van der Waals surface area contributed by atoms with Gasteiger partial charge in [-0.3, -0.25) is 0 Å².